The van der Waals surface area contributed by atoms with E-state index in [1.807, 2.05) is 18.2 Å². The van der Waals surface area contributed by atoms with E-state index in [0.717, 1.165) is 42.7 Å². The number of fused-ring (bicyclic) bond motifs is 1. The zero-order valence-corrected chi connectivity index (χ0v) is 14.0. The van der Waals surface area contributed by atoms with E-state index in [1.165, 1.54) is 0 Å². The van der Waals surface area contributed by atoms with Crippen molar-refractivity contribution in [3.63, 3.8) is 0 Å². The Hall–Kier alpha value is -2.08. The quantitative estimate of drug-likeness (QED) is 0.934. The van der Waals surface area contributed by atoms with Gasteiger partial charge in [0.2, 0.25) is 5.91 Å². The van der Waals surface area contributed by atoms with Crippen molar-refractivity contribution in [1.82, 2.24) is 14.0 Å². The lowest BCUT2D eigenvalue weighted by Gasteiger charge is -2.28. The molecule has 3 rings (SSSR count). The summed E-state index contributed by atoms with van der Waals surface area (Å²) >= 11 is 0. The molecule has 2 aromatic rings. The number of hydrogen-bond donors (Lipinski definition) is 1. The van der Waals surface area contributed by atoms with E-state index < -0.39 is 0 Å². The maximum atomic E-state index is 12.3. The summed E-state index contributed by atoms with van der Waals surface area (Å²) in [6.45, 7) is 2.13. The highest BCUT2D eigenvalue weighted by Gasteiger charge is 2.19. The van der Waals surface area contributed by atoms with E-state index in [4.69, 9.17) is 0 Å². The molecule has 124 valence electrons. The fourth-order valence-corrected chi connectivity index (χ4v) is 3.32. The van der Waals surface area contributed by atoms with Crippen LogP contribution in [0.15, 0.2) is 23.0 Å². The van der Waals surface area contributed by atoms with Crippen molar-refractivity contribution in [1.29, 1.82) is 0 Å². The van der Waals surface area contributed by atoms with E-state index in [2.05, 4.69) is 17.3 Å². The Morgan fingerprint density at radius 3 is 2.48 bits per heavy atom. The van der Waals surface area contributed by atoms with E-state index >= 15 is 0 Å². The Morgan fingerprint density at radius 2 is 1.78 bits per heavy atom. The molecule has 0 saturated carbocycles. The van der Waals surface area contributed by atoms with E-state index in [-0.39, 0.29) is 11.6 Å². The number of likely N-dealkylation sites (tertiary alicyclic amines) is 1. The number of nitrogens with one attached hydrogen (secondary N) is 1. The number of imidazole rings is 1. The predicted molar refractivity (Wildman–Crippen MR) is 91.6 cm³/mol. The van der Waals surface area contributed by atoms with Crippen molar-refractivity contribution in [3.8, 4) is 0 Å². The monoisotopic (exact) mass is 316 g/mol. The van der Waals surface area contributed by atoms with Crippen LogP contribution in [0.2, 0.25) is 0 Å². The van der Waals surface area contributed by atoms with Gasteiger partial charge in [-0.3, -0.25) is 13.9 Å². The first-order valence-corrected chi connectivity index (χ1v) is 8.09. The minimum Gasteiger partial charge on any atom is -0.326 e. The van der Waals surface area contributed by atoms with Gasteiger partial charge in [-0.2, -0.15) is 0 Å². The Morgan fingerprint density at radius 1 is 1.13 bits per heavy atom. The third-order valence-electron chi connectivity index (χ3n) is 4.87. The summed E-state index contributed by atoms with van der Waals surface area (Å²) < 4.78 is 3.21. The normalized spacial score (nSPS) is 16.8. The first-order chi connectivity index (χ1) is 11.0. The maximum Gasteiger partial charge on any atom is 0.328 e. The second kappa shape index (κ2) is 6.20. The molecule has 1 aliphatic rings. The van der Waals surface area contributed by atoms with E-state index in [0.29, 0.717) is 12.3 Å². The van der Waals surface area contributed by atoms with Crippen LogP contribution in [0.5, 0.6) is 0 Å². The molecule has 0 spiro atoms. The Kier molecular flexibility index (Phi) is 4.26. The number of nitrogens with zero attached hydrogens (tertiary/aromatic N) is 3. The summed E-state index contributed by atoms with van der Waals surface area (Å²) in [6.07, 6.45) is 2.73. The Balaban J connectivity index is 1.70. The molecular weight excluding hydrogens is 292 g/mol. The zero-order chi connectivity index (χ0) is 16.6. The standard InChI is InChI=1S/C17H24N4O2/c1-19-8-6-12(7-9-19)10-16(22)18-13-4-5-14-15(11-13)21(3)17(23)20(14)2/h4-5,11-12H,6-10H2,1-3H3,(H,18,22). The van der Waals surface area contributed by atoms with Gasteiger partial charge in [0.05, 0.1) is 11.0 Å². The molecule has 1 aliphatic heterocycles. The van der Waals surface area contributed by atoms with Crippen molar-refractivity contribution in [2.24, 2.45) is 20.0 Å². The minimum atomic E-state index is -0.0604. The number of rotatable bonds is 3. The Bertz CT molecular complexity index is 782. The molecule has 0 atom stereocenters. The van der Waals surface area contributed by atoms with Gasteiger partial charge in [0, 0.05) is 26.2 Å². The topological polar surface area (TPSA) is 59.3 Å². The second-order valence-electron chi connectivity index (χ2n) is 6.60. The van der Waals surface area contributed by atoms with Crippen molar-refractivity contribution >= 4 is 22.6 Å². The highest BCUT2D eigenvalue weighted by molar-refractivity contribution is 5.93. The van der Waals surface area contributed by atoms with Gasteiger partial charge in [-0.1, -0.05) is 0 Å². The predicted octanol–water partition coefficient (Wildman–Crippen LogP) is 1.55. The molecule has 1 fully saturated rings. The molecule has 1 aromatic carbocycles. The maximum absolute atomic E-state index is 12.3. The molecule has 0 bridgehead atoms. The summed E-state index contributed by atoms with van der Waals surface area (Å²) in [6, 6.07) is 5.60. The average molecular weight is 316 g/mol. The molecule has 1 amide bonds. The minimum absolute atomic E-state index is 0.0554. The molecule has 0 aliphatic carbocycles. The lowest BCUT2D eigenvalue weighted by molar-refractivity contribution is -0.117. The molecule has 23 heavy (non-hydrogen) atoms. The molecule has 0 radical (unpaired) electrons. The summed E-state index contributed by atoms with van der Waals surface area (Å²) in [7, 11) is 5.62. The highest BCUT2D eigenvalue weighted by atomic mass is 16.2. The molecule has 2 heterocycles. The van der Waals surface area contributed by atoms with Crippen molar-refractivity contribution in [2.45, 2.75) is 19.3 Å². The number of aromatic nitrogens is 2. The van der Waals surface area contributed by atoms with Crippen LogP contribution in [0.3, 0.4) is 0 Å². The summed E-state index contributed by atoms with van der Waals surface area (Å²) in [5.41, 5.74) is 2.38. The third kappa shape index (κ3) is 3.17. The third-order valence-corrected chi connectivity index (χ3v) is 4.87. The first kappa shape index (κ1) is 15.8. The van der Waals surface area contributed by atoms with Crippen molar-refractivity contribution in [2.75, 3.05) is 25.5 Å². The molecule has 1 aromatic heterocycles. The van der Waals surface area contributed by atoms with Crippen LogP contribution in [0.25, 0.3) is 11.0 Å². The van der Waals surface area contributed by atoms with Gasteiger partial charge >= 0.3 is 5.69 Å². The fraction of sp³-hybridized carbons (Fsp3) is 0.529. The Labute approximate surface area is 135 Å². The van der Waals surface area contributed by atoms with Gasteiger partial charge in [0.1, 0.15) is 0 Å². The number of hydrogen-bond acceptors (Lipinski definition) is 3. The lowest BCUT2D eigenvalue weighted by Crippen LogP contribution is -2.31. The number of carbonyl (C=O) groups excluding carboxylic acids is 1. The number of carbonyl (C=O) groups is 1. The first-order valence-electron chi connectivity index (χ1n) is 8.09. The van der Waals surface area contributed by atoms with E-state index in [1.54, 1.807) is 23.2 Å². The van der Waals surface area contributed by atoms with Gasteiger partial charge in [-0.15, -0.1) is 0 Å². The molecule has 6 nitrogen and oxygen atoms in total. The molecule has 0 unspecified atom stereocenters. The van der Waals surface area contributed by atoms with Gasteiger partial charge < -0.3 is 10.2 Å². The summed E-state index contributed by atoms with van der Waals surface area (Å²) in [5, 5.41) is 2.97. The van der Waals surface area contributed by atoms with Gasteiger partial charge in [0.15, 0.2) is 0 Å². The summed E-state index contributed by atoms with van der Waals surface area (Å²) in [4.78, 5) is 26.5. The van der Waals surface area contributed by atoms with Crippen molar-refractivity contribution < 1.29 is 4.79 Å². The number of piperidine rings is 1. The largest absolute Gasteiger partial charge is 0.328 e. The zero-order valence-electron chi connectivity index (χ0n) is 14.0. The molecule has 1 N–H and O–H groups in total. The van der Waals surface area contributed by atoms with Crippen molar-refractivity contribution in [3.05, 3.63) is 28.7 Å². The number of benzene rings is 1. The second-order valence-corrected chi connectivity index (χ2v) is 6.60. The fourth-order valence-electron chi connectivity index (χ4n) is 3.32. The van der Waals surface area contributed by atoms with Crippen LogP contribution in [-0.4, -0.2) is 40.1 Å². The molecule has 1 saturated heterocycles. The lowest BCUT2D eigenvalue weighted by atomic mass is 9.93. The van der Waals surface area contributed by atoms with E-state index in [9.17, 15) is 9.59 Å². The average Bonchev–Trinajstić information content (AvgIpc) is 2.74. The van der Waals surface area contributed by atoms with Crippen LogP contribution in [0, 0.1) is 5.92 Å². The number of amides is 1. The van der Waals surface area contributed by atoms with Crippen LogP contribution in [0.4, 0.5) is 5.69 Å². The van der Waals surface area contributed by atoms with Gasteiger partial charge in [0.25, 0.3) is 0 Å². The van der Waals surface area contributed by atoms with Crippen LogP contribution < -0.4 is 11.0 Å². The molecular formula is C17H24N4O2. The SMILES string of the molecule is CN1CCC(CC(=O)Nc2ccc3c(c2)n(C)c(=O)n3C)CC1. The van der Waals surface area contributed by atoms with Gasteiger partial charge in [-0.25, -0.2) is 4.79 Å². The molecule has 6 heteroatoms. The van der Waals surface area contributed by atoms with Gasteiger partial charge in [-0.05, 0) is 57.1 Å². The van der Waals surface area contributed by atoms with Crippen LogP contribution >= 0.6 is 0 Å². The smallest absolute Gasteiger partial charge is 0.326 e. The number of aryl methyl sites for hydroxylation is 2. The summed E-state index contributed by atoms with van der Waals surface area (Å²) in [5.74, 6) is 0.524. The highest BCUT2D eigenvalue weighted by Crippen LogP contribution is 2.21. The van der Waals surface area contributed by atoms with Crippen LogP contribution in [-0.2, 0) is 18.9 Å². The van der Waals surface area contributed by atoms with Crippen LogP contribution in [0.1, 0.15) is 19.3 Å². The number of anilines is 1.